The van der Waals surface area contributed by atoms with E-state index in [4.69, 9.17) is 4.74 Å². The molecule has 0 radical (unpaired) electrons. The molecule has 0 atom stereocenters. The maximum atomic E-state index is 10.8. The number of hydrogen-bond donors (Lipinski definition) is 1. The van der Waals surface area contributed by atoms with Crippen LogP contribution >= 0.6 is 0 Å². The molecule has 0 saturated heterocycles. The number of ether oxygens (including phenoxy) is 1. The fraction of sp³-hybridized carbons (Fsp3) is 0.571. The van der Waals surface area contributed by atoms with Gasteiger partial charge in [0.1, 0.15) is 6.73 Å². The van der Waals surface area contributed by atoms with Crippen molar-refractivity contribution in [1.82, 2.24) is 5.32 Å². The van der Waals surface area contributed by atoms with Gasteiger partial charge in [-0.2, -0.15) is 0 Å². The second kappa shape index (κ2) is 4.99. The van der Waals surface area contributed by atoms with Crippen LogP contribution in [0, 0.1) is 0 Å². The van der Waals surface area contributed by atoms with Crippen LogP contribution in [0.2, 0.25) is 0 Å². The van der Waals surface area contributed by atoms with E-state index in [1.807, 2.05) is 6.92 Å². The van der Waals surface area contributed by atoms with Gasteiger partial charge in [0.2, 0.25) is 0 Å². The van der Waals surface area contributed by atoms with Gasteiger partial charge in [0, 0.05) is 5.57 Å². The summed E-state index contributed by atoms with van der Waals surface area (Å²) in [5.41, 5.74) is 0.509. The Morgan fingerprint density at radius 2 is 2.30 bits per heavy atom. The van der Waals surface area contributed by atoms with E-state index in [2.05, 4.69) is 11.9 Å². The first-order valence-corrected chi connectivity index (χ1v) is 3.21. The lowest BCUT2D eigenvalue weighted by molar-refractivity contribution is -0.139. The minimum atomic E-state index is -0.322. The summed E-state index contributed by atoms with van der Waals surface area (Å²) < 4.78 is 4.69. The lowest BCUT2D eigenvalue weighted by atomic mass is 10.2. The summed E-state index contributed by atoms with van der Waals surface area (Å²) in [6.45, 7) is 5.64. The standard InChI is InChI=1S/C7H13NO2/c1-4-6(2)7(9)10-5-8-3/h8H,2,4-5H2,1,3H3. The smallest absolute Gasteiger partial charge is 0.334 e. The monoisotopic (exact) mass is 143 g/mol. The SMILES string of the molecule is C=C(CC)C(=O)OCNC. The Morgan fingerprint density at radius 1 is 1.70 bits per heavy atom. The van der Waals surface area contributed by atoms with Crippen LogP contribution in [0.5, 0.6) is 0 Å². The van der Waals surface area contributed by atoms with Crippen molar-refractivity contribution in [1.29, 1.82) is 0 Å². The maximum absolute atomic E-state index is 10.8. The topological polar surface area (TPSA) is 38.3 Å². The van der Waals surface area contributed by atoms with Gasteiger partial charge >= 0.3 is 5.97 Å². The Hall–Kier alpha value is -0.830. The number of hydrogen-bond acceptors (Lipinski definition) is 3. The van der Waals surface area contributed by atoms with Crippen LogP contribution in [0.3, 0.4) is 0 Å². The molecular weight excluding hydrogens is 130 g/mol. The van der Waals surface area contributed by atoms with Crippen molar-refractivity contribution < 1.29 is 9.53 Å². The Bertz CT molecular complexity index is 132. The predicted octanol–water partition coefficient (Wildman–Crippen LogP) is 0.673. The third-order valence-corrected chi connectivity index (χ3v) is 1.06. The summed E-state index contributed by atoms with van der Waals surface area (Å²) >= 11 is 0. The van der Waals surface area contributed by atoms with Crippen molar-refractivity contribution in [2.75, 3.05) is 13.8 Å². The van der Waals surface area contributed by atoms with Crippen LogP contribution in [-0.2, 0) is 9.53 Å². The summed E-state index contributed by atoms with van der Waals surface area (Å²) in [7, 11) is 1.71. The van der Waals surface area contributed by atoms with E-state index in [1.165, 1.54) is 0 Å². The molecule has 0 amide bonds. The molecule has 0 aromatic heterocycles. The second-order valence-corrected chi connectivity index (χ2v) is 1.89. The van der Waals surface area contributed by atoms with Gasteiger partial charge in [0.15, 0.2) is 0 Å². The van der Waals surface area contributed by atoms with E-state index in [0.29, 0.717) is 12.0 Å². The van der Waals surface area contributed by atoms with Crippen LogP contribution in [0.4, 0.5) is 0 Å². The Balaban J connectivity index is 3.52. The molecular formula is C7H13NO2. The molecule has 0 aliphatic rings. The molecule has 0 aromatic carbocycles. The third-order valence-electron chi connectivity index (χ3n) is 1.06. The van der Waals surface area contributed by atoms with E-state index in [9.17, 15) is 4.79 Å². The number of carbonyl (C=O) groups excluding carboxylic acids is 1. The number of rotatable bonds is 4. The lowest BCUT2D eigenvalue weighted by Crippen LogP contribution is -2.17. The molecule has 3 nitrogen and oxygen atoms in total. The molecule has 0 unspecified atom stereocenters. The van der Waals surface area contributed by atoms with Gasteiger partial charge in [0.05, 0.1) is 0 Å². The highest BCUT2D eigenvalue weighted by Crippen LogP contribution is 1.97. The highest BCUT2D eigenvalue weighted by atomic mass is 16.5. The van der Waals surface area contributed by atoms with Crippen LogP contribution in [-0.4, -0.2) is 19.7 Å². The zero-order valence-electron chi connectivity index (χ0n) is 6.44. The van der Waals surface area contributed by atoms with E-state index in [-0.39, 0.29) is 12.7 Å². The van der Waals surface area contributed by atoms with Gasteiger partial charge in [-0.3, -0.25) is 5.32 Å². The minimum absolute atomic E-state index is 0.248. The van der Waals surface area contributed by atoms with Gasteiger partial charge < -0.3 is 4.74 Å². The summed E-state index contributed by atoms with van der Waals surface area (Å²) in [5, 5.41) is 2.69. The van der Waals surface area contributed by atoms with E-state index in [0.717, 1.165) is 0 Å². The molecule has 0 saturated carbocycles. The Labute approximate surface area is 61.1 Å². The fourth-order valence-electron chi connectivity index (χ4n) is 0.384. The first kappa shape index (κ1) is 9.17. The maximum Gasteiger partial charge on any atom is 0.334 e. The zero-order valence-corrected chi connectivity index (χ0v) is 6.44. The van der Waals surface area contributed by atoms with Gasteiger partial charge in [0.25, 0.3) is 0 Å². The molecule has 0 rings (SSSR count). The van der Waals surface area contributed by atoms with Crippen molar-refractivity contribution >= 4 is 5.97 Å². The highest BCUT2D eigenvalue weighted by molar-refractivity contribution is 5.87. The van der Waals surface area contributed by atoms with Crippen LogP contribution in [0.25, 0.3) is 0 Å². The van der Waals surface area contributed by atoms with Crippen LogP contribution in [0.15, 0.2) is 12.2 Å². The predicted molar refractivity (Wildman–Crippen MR) is 39.4 cm³/mol. The van der Waals surface area contributed by atoms with Gasteiger partial charge in [-0.15, -0.1) is 0 Å². The minimum Gasteiger partial charge on any atom is -0.446 e. The van der Waals surface area contributed by atoms with Gasteiger partial charge in [-0.25, -0.2) is 4.79 Å². The largest absolute Gasteiger partial charge is 0.446 e. The molecule has 0 aromatic rings. The number of carbonyl (C=O) groups is 1. The Kier molecular flexibility index (Phi) is 4.58. The van der Waals surface area contributed by atoms with Crippen molar-refractivity contribution in [2.24, 2.45) is 0 Å². The van der Waals surface area contributed by atoms with Gasteiger partial charge in [-0.05, 0) is 13.5 Å². The van der Waals surface area contributed by atoms with E-state index >= 15 is 0 Å². The quantitative estimate of drug-likeness (QED) is 0.357. The van der Waals surface area contributed by atoms with Crippen LogP contribution in [0.1, 0.15) is 13.3 Å². The first-order chi connectivity index (χ1) is 4.72. The van der Waals surface area contributed by atoms with Crippen LogP contribution < -0.4 is 5.32 Å². The summed E-state index contributed by atoms with van der Waals surface area (Å²) in [5.74, 6) is -0.322. The first-order valence-electron chi connectivity index (χ1n) is 3.21. The molecule has 3 heteroatoms. The summed E-state index contributed by atoms with van der Waals surface area (Å²) in [6.07, 6.45) is 0.641. The molecule has 10 heavy (non-hydrogen) atoms. The molecule has 0 aliphatic heterocycles. The average molecular weight is 143 g/mol. The highest BCUT2D eigenvalue weighted by Gasteiger charge is 2.03. The molecule has 0 heterocycles. The van der Waals surface area contributed by atoms with Crippen molar-refractivity contribution in [2.45, 2.75) is 13.3 Å². The molecule has 58 valence electrons. The summed E-state index contributed by atoms with van der Waals surface area (Å²) in [4.78, 5) is 10.8. The normalized spacial score (nSPS) is 9.00. The average Bonchev–Trinajstić information content (AvgIpc) is 1.98. The van der Waals surface area contributed by atoms with Crippen molar-refractivity contribution in [3.63, 3.8) is 0 Å². The van der Waals surface area contributed by atoms with E-state index < -0.39 is 0 Å². The molecule has 0 spiro atoms. The van der Waals surface area contributed by atoms with Crippen molar-refractivity contribution in [3.05, 3.63) is 12.2 Å². The molecule has 1 N–H and O–H groups in total. The number of esters is 1. The van der Waals surface area contributed by atoms with Crippen molar-refractivity contribution in [3.8, 4) is 0 Å². The number of nitrogens with one attached hydrogen (secondary N) is 1. The second-order valence-electron chi connectivity index (χ2n) is 1.89. The molecule has 0 fully saturated rings. The molecule has 0 aliphatic carbocycles. The Morgan fingerprint density at radius 3 is 2.70 bits per heavy atom. The van der Waals surface area contributed by atoms with Gasteiger partial charge in [-0.1, -0.05) is 13.5 Å². The fourth-order valence-corrected chi connectivity index (χ4v) is 0.384. The summed E-state index contributed by atoms with van der Waals surface area (Å²) in [6, 6.07) is 0. The van der Waals surface area contributed by atoms with E-state index in [1.54, 1.807) is 7.05 Å². The molecule has 0 bridgehead atoms. The lowest BCUT2D eigenvalue weighted by Gasteiger charge is -2.02. The zero-order chi connectivity index (χ0) is 7.98. The third kappa shape index (κ3) is 3.25.